The highest BCUT2D eigenvalue weighted by Crippen LogP contribution is 2.12. The number of rotatable bonds is 4. The van der Waals surface area contributed by atoms with Crippen molar-refractivity contribution in [3.05, 3.63) is 59.4 Å². The molecule has 0 aliphatic rings. The van der Waals surface area contributed by atoms with Gasteiger partial charge in [0.2, 0.25) is 0 Å². The molecule has 0 fully saturated rings. The van der Waals surface area contributed by atoms with Crippen molar-refractivity contribution < 1.29 is 9.53 Å². The van der Waals surface area contributed by atoms with Gasteiger partial charge in [-0.15, -0.1) is 0 Å². The fourth-order valence-electron chi connectivity index (χ4n) is 1.69. The van der Waals surface area contributed by atoms with Crippen molar-refractivity contribution in [2.45, 2.75) is 6.61 Å². The number of carbonyl (C=O) groups excluding carboxylic acids is 1. The third-order valence-corrected chi connectivity index (χ3v) is 2.62. The Bertz CT molecular complexity index is 645. The zero-order valence-electron chi connectivity index (χ0n) is 11.0. The molecule has 5 heteroatoms. The highest BCUT2D eigenvalue weighted by molar-refractivity contribution is 6.02. The van der Waals surface area contributed by atoms with Crippen LogP contribution in [-0.2, 0) is 11.3 Å². The van der Waals surface area contributed by atoms with Crippen LogP contribution in [0.5, 0.6) is 0 Å². The SMILES string of the molecule is COCc1cccc(NC(=O)c2ccc(C#N)cn2)c1. The molecular formula is C15H13N3O2. The summed E-state index contributed by atoms with van der Waals surface area (Å²) in [4.78, 5) is 15.9. The standard InChI is InChI=1S/C15H13N3O2/c1-20-10-11-3-2-4-13(7-11)18-15(19)14-6-5-12(8-16)9-17-14/h2-7,9H,10H2,1H3,(H,18,19). The van der Waals surface area contributed by atoms with Gasteiger partial charge in [0.25, 0.3) is 5.91 Å². The Kier molecular flexibility index (Phi) is 4.43. The number of aromatic nitrogens is 1. The quantitative estimate of drug-likeness (QED) is 0.922. The number of benzene rings is 1. The summed E-state index contributed by atoms with van der Waals surface area (Å²) >= 11 is 0. The van der Waals surface area contributed by atoms with Crippen LogP contribution < -0.4 is 5.32 Å². The number of pyridine rings is 1. The van der Waals surface area contributed by atoms with Crippen molar-refractivity contribution in [3.63, 3.8) is 0 Å². The summed E-state index contributed by atoms with van der Waals surface area (Å²) in [6.07, 6.45) is 1.37. The van der Waals surface area contributed by atoms with E-state index < -0.39 is 0 Å². The molecule has 0 saturated heterocycles. The Hall–Kier alpha value is -2.71. The summed E-state index contributed by atoms with van der Waals surface area (Å²) in [5.74, 6) is -0.316. The van der Waals surface area contributed by atoms with Crippen molar-refractivity contribution in [1.82, 2.24) is 4.98 Å². The van der Waals surface area contributed by atoms with E-state index >= 15 is 0 Å². The smallest absolute Gasteiger partial charge is 0.274 e. The van der Waals surface area contributed by atoms with Gasteiger partial charge in [-0.05, 0) is 29.8 Å². The zero-order chi connectivity index (χ0) is 14.4. The predicted molar refractivity (Wildman–Crippen MR) is 74.1 cm³/mol. The number of methoxy groups -OCH3 is 1. The average Bonchev–Trinajstić information content (AvgIpc) is 2.48. The van der Waals surface area contributed by atoms with E-state index in [9.17, 15) is 4.79 Å². The summed E-state index contributed by atoms with van der Waals surface area (Å²) in [7, 11) is 1.62. The first-order valence-electron chi connectivity index (χ1n) is 5.98. The van der Waals surface area contributed by atoms with Crippen molar-refractivity contribution in [3.8, 4) is 6.07 Å². The Morgan fingerprint density at radius 3 is 2.90 bits per heavy atom. The summed E-state index contributed by atoms with van der Waals surface area (Å²) < 4.78 is 5.04. The maximum atomic E-state index is 12.0. The lowest BCUT2D eigenvalue weighted by molar-refractivity contribution is 0.102. The minimum atomic E-state index is -0.316. The van der Waals surface area contributed by atoms with E-state index in [1.807, 2.05) is 24.3 Å². The van der Waals surface area contributed by atoms with Gasteiger partial charge in [0.1, 0.15) is 11.8 Å². The summed E-state index contributed by atoms with van der Waals surface area (Å²) in [6.45, 7) is 0.485. The van der Waals surface area contributed by atoms with Crippen molar-refractivity contribution >= 4 is 11.6 Å². The Balaban J connectivity index is 2.10. The maximum absolute atomic E-state index is 12.0. The van der Waals surface area contributed by atoms with Crippen LogP contribution in [0.1, 0.15) is 21.6 Å². The van der Waals surface area contributed by atoms with Crippen LogP contribution in [0.4, 0.5) is 5.69 Å². The molecule has 0 radical (unpaired) electrons. The molecule has 2 aromatic rings. The van der Waals surface area contributed by atoms with Crippen LogP contribution >= 0.6 is 0 Å². The van der Waals surface area contributed by atoms with Crippen molar-refractivity contribution in [1.29, 1.82) is 5.26 Å². The predicted octanol–water partition coefficient (Wildman–Crippen LogP) is 2.35. The van der Waals surface area contributed by atoms with Gasteiger partial charge in [-0.2, -0.15) is 5.26 Å². The Morgan fingerprint density at radius 2 is 2.25 bits per heavy atom. The molecule has 1 heterocycles. The molecule has 1 aromatic carbocycles. The highest BCUT2D eigenvalue weighted by atomic mass is 16.5. The highest BCUT2D eigenvalue weighted by Gasteiger charge is 2.07. The molecule has 0 aliphatic heterocycles. The molecule has 1 aromatic heterocycles. The van der Waals surface area contributed by atoms with Gasteiger partial charge in [0.15, 0.2) is 0 Å². The van der Waals surface area contributed by atoms with Crippen molar-refractivity contribution in [2.75, 3.05) is 12.4 Å². The second-order valence-corrected chi connectivity index (χ2v) is 4.13. The van der Waals surface area contributed by atoms with Crippen LogP contribution in [0.25, 0.3) is 0 Å². The lowest BCUT2D eigenvalue weighted by Gasteiger charge is -2.06. The van der Waals surface area contributed by atoms with Gasteiger partial charge >= 0.3 is 0 Å². The fraction of sp³-hybridized carbons (Fsp3) is 0.133. The lowest BCUT2D eigenvalue weighted by Crippen LogP contribution is -2.13. The van der Waals surface area contributed by atoms with Crippen LogP contribution in [0.15, 0.2) is 42.6 Å². The molecule has 0 saturated carbocycles. The zero-order valence-corrected chi connectivity index (χ0v) is 11.0. The van der Waals surface area contributed by atoms with Crippen molar-refractivity contribution in [2.24, 2.45) is 0 Å². The van der Waals surface area contributed by atoms with E-state index in [0.717, 1.165) is 5.56 Å². The first kappa shape index (κ1) is 13.7. The fourth-order valence-corrected chi connectivity index (χ4v) is 1.69. The largest absolute Gasteiger partial charge is 0.380 e. The van der Waals surface area contributed by atoms with Crippen LogP contribution in [0, 0.1) is 11.3 Å². The number of nitriles is 1. The molecule has 0 atom stereocenters. The molecule has 1 amide bonds. The third kappa shape index (κ3) is 3.40. The number of hydrogen-bond acceptors (Lipinski definition) is 4. The molecule has 0 bridgehead atoms. The third-order valence-electron chi connectivity index (χ3n) is 2.62. The number of amides is 1. The number of nitrogens with one attached hydrogen (secondary N) is 1. The summed E-state index contributed by atoms with van der Waals surface area (Å²) in [5.41, 5.74) is 2.33. The Labute approximate surface area is 116 Å². The summed E-state index contributed by atoms with van der Waals surface area (Å²) in [6, 6.07) is 12.4. The molecule has 100 valence electrons. The first-order chi connectivity index (χ1) is 9.72. The Morgan fingerprint density at radius 1 is 1.40 bits per heavy atom. The van der Waals surface area contributed by atoms with Gasteiger partial charge in [0, 0.05) is 19.0 Å². The molecule has 1 N–H and O–H groups in total. The summed E-state index contributed by atoms with van der Waals surface area (Å²) in [5, 5.41) is 11.4. The van der Waals surface area contributed by atoms with Crippen LogP contribution in [0.3, 0.4) is 0 Å². The number of nitrogens with zero attached hydrogens (tertiary/aromatic N) is 2. The normalized spacial score (nSPS) is 9.80. The van der Waals surface area contributed by atoms with E-state index in [1.54, 1.807) is 19.2 Å². The second-order valence-electron chi connectivity index (χ2n) is 4.13. The molecule has 0 spiro atoms. The number of anilines is 1. The van der Waals surface area contributed by atoms with Crippen LogP contribution in [-0.4, -0.2) is 18.0 Å². The molecule has 2 rings (SSSR count). The van der Waals surface area contributed by atoms with Gasteiger partial charge in [0.05, 0.1) is 12.2 Å². The molecule has 0 aliphatic carbocycles. The van der Waals surface area contributed by atoms with E-state index in [2.05, 4.69) is 10.3 Å². The molecule has 0 unspecified atom stereocenters. The lowest BCUT2D eigenvalue weighted by atomic mass is 10.2. The minimum absolute atomic E-state index is 0.265. The number of hydrogen-bond donors (Lipinski definition) is 1. The van der Waals surface area contributed by atoms with E-state index in [-0.39, 0.29) is 11.6 Å². The maximum Gasteiger partial charge on any atom is 0.274 e. The monoisotopic (exact) mass is 267 g/mol. The minimum Gasteiger partial charge on any atom is -0.380 e. The van der Waals surface area contributed by atoms with E-state index in [1.165, 1.54) is 12.3 Å². The second kappa shape index (κ2) is 6.45. The number of ether oxygens (including phenoxy) is 1. The number of carbonyl (C=O) groups is 1. The van der Waals surface area contributed by atoms with Crippen LogP contribution in [0.2, 0.25) is 0 Å². The van der Waals surface area contributed by atoms with E-state index in [0.29, 0.717) is 17.9 Å². The molecule has 20 heavy (non-hydrogen) atoms. The van der Waals surface area contributed by atoms with Gasteiger partial charge in [-0.25, -0.2) is 4.98 Å². The first-order valence-corrected chi connectivity index (χ1v) is 5.98. The molecule has 5 nitrogen and oxygen atoms in total. The average molecular weight is 267 g/mol. The topological polar surface area (TPSA) is 75.0 Å². The molecular weight excluding hydrogens is 254 g/mol. The van der Waals surface area contributed by atoms with Gasteiger partial charge in [-0.1, -0.05) is 12.1 Å². The van der Waals surface area contributed by atoms with E-state index in [4.69, 9.17) is 10.00 Å². The van der Waals surface area contributed by atoms with Gasteiger partial charge < -0.3 is 10.1 Å². The van der Waals surface area contributed by atoms with Gasteiger partial charge in [-0.3, -0.25) is 4.79 Å².